The topological polar surface area (TPSA) is 66.4 Å². The minimum Gasteiger partial charge on any atom is -0.550 e. The first-order valence-electron chi connectivity index (χ1n) is 9.45. The Hall–Kier alpha value is -1.36. The van der Waals surface area contributed by atoms with Crippen LogP contribution in [0, 0.1) is 5.92 Å². The summed E-state index contributed by atoms with van der Waals surface area (Å²) in [5, 5.41) is 12.5. The van der Waals surface area contributed by atoms with Crippen LogP contribution in [-0.2, 0) is 16.0 Å². The van der Waals surface area contributed by atoms with E-state index < -0.39 is 5.97 Å². The van der Waals surface area contributed by atoms with Crippen molar-refractivity contribution in [2.45, 2.75) is 58.8 Å². The molecular formula is C22H27NaO4. The molecule has 0 saturated carbocycles. The zero-order chi connectivity index (χ0) is 18.9. The number of carbonyl (C=O) groups is 2. The summed E-state index contributed by atoms with van der Waals surface area (Å²) in [6.45, 7) is 3.85. The largest absolute Gasteiger partial charge is 1.00 e. The summed E-state index contributed by atoms with van der Waals surface area (Å²) in [6, 6.07) is 11.9. The maximum Gasteiger partial charge on any atom is 1.00 e. The van der Waals surface area contributed by atoms with Gasteiger partial charge in [-0.2, -0.15) is 0 Å². The first-order chi connectivity index (χ1) is 12.5. The Morgan fingerprint density at radius 3 is 2.37 bits per heavy atom. The molecule has 1 unspecified atom stereocenters. The van der Waals surface area contributed by atoms with E-state index in [-0.39, 0.29) is 47.9 Å². The smallest absolute Gasteiger partial charge is 0.550 e. The number of ether oxygens (including phenoxy) is 1. The van der Waals surface area contributed by atoms with Gasteiger partial charge in [0.2, 0.25) is 0 Å². The second kappa shape index (κ2) is 12.2. The number of esters is 1. The third kappa shape index (κ3) is 7.28. The number of unbranched alkanes of at least 4 members (excludes halogenated alkanes) is 3. The molecule has 4 nitrogen and oxygen atoms in total. The summed E-state index contributed by atoms with van der Waals surface area (Å²) in [5.74, 6) is -0.676. The second-order valence-electron chi connectivity index (χ2n) is 6.79. The Balaban J connectivity index is 0.00000364. The average Bonchev–Trinajstić information content (AvgIpc) is 2.63. The van der Waals surface area contributed by atoms with E-state index in [9.17, 15) is 14.7 Å². The van der Waals surface area contributed by atoms with E-state index in [0.29, 0.717) is 12.2 Å². The minimum atomic E-state index is -0.980. The van der Waals surface area contributed by atoms with E-state index >= 15 is 0 Å². The second-order valence-corrected chi connectivity index (χ2v) is 6.79. The maximum absolute atomic E-state index is 12.2. The number of hydrogen-bond acceptors (Lipinski definition) is 4. The SMILES string of the molecule is CCC(C)C(=O)Oc1cccc2cccc(CCCCCCC(=O)[O-])c12.[Na+]. The molecule has 0 spiro atoms. The Labute approximate surface area is 183 Å². The third-order valence-electron chi connectivity index (χ3n) is 4.76. The van der Waals surface area contributed by atoms with Gasteiger partial charge in [-0.25, -0.2) is 0 Å². The molecule has 0 aromatic heterocycles. The van der Waals surface area contributed by atoms with Gasteiger partial charge in [0, 0.05) is 11.4 Å². The number of carboxylic acids is 1. The molecule has 5 heteroatoms. The number of carbonyl (C=O) groups excluding carboxylic acids is 2. The standard InChI is InChI=1S/C22H28O4.Na/c1-3-16(2)22(25)26-19-14-9-13-18-12-8-11-17(21(18)19)10-6-4-5-7-15-20(23)24;/h8-9,11-14,16H,3-7,10,15H2,1-2H3,(H,23,24);/q;+1/p-1. The molecule has 0 aliphatic carbocycles. The summed E-state index contributed by atoms with van der Waals surface area (Å²) < 4.78 is 5.68. The zero-order valence-corrected chi connectivity index (χ0v) is 18.6. The Morgan fingerprint density at radius 2 is 1.70 bits per heavy atom. The first kappa shape index (κ1) is 23.7. The van der Waals surface area contributed by atoms with Gasteiger partial charge in [-0.1, -0.05) is 57.0 Å². The van der Waals surface area contributed by atoms with Crippen LogP contribution in [0.2, 0.25) is 0 Å². The molecule has 0 fully saturated rings. The predicted molar refractivity (Wildman–Crippen MR) is 101 cm³/mol. The number of aliphatic carboxylic acids is 1. The monoisotopic (exact) mass is 378 g/mol. The predicted octanol–water partition coefficient (Wildman–Crippen LogP) is 1.04. The van der Waals surface area contributed by atoms with Crippen LogP contribution in [0.5, 0.6) is 5.75 Å². The number of aryl methyl sites for hydroxylation is 1. The number of carboxylic acid groups (broad SMARTS) is 1. The molecule has 2 aromatic carbocycles. The Bertz CT molecular complexity index is 752. The molecule has 0 N–H and O–H groups in total. The van der Waals surface area contributed by atoms with Gasteiger partial charge >= 0.3 is 35.5 Å². The number of fused-ring (bicyclic) bond motifs is 1. The van der Waals surface area contributed by atoms with Crippen LogP contribution in [0.1, 0.15) is 57.9 Å². The van der Waals surface area contributed by atoms with Crippen molar-refractivity contribution in [2.24, 2.45) is 5.92 Å². The summed E-state index contributed by atoms with van der Waals surface area (Å²) in [4.78, 5) is 22.7. The molecule has 2 rings (SSSR count). The van der Waals surface area contributed by atoms with Gasteiger partial charge in [0.1, 0.15) is 5.75 Å². The molecule has 140 valence electrons. The van der Waals surface area contributed by atoms with E-state index in [1.54, 1.807) is 0 Å². The van der Waals surface area contributed by atoms with E-state index in [2.05, 4.69) is 6.07 Å². The molecule has 0 amide bonds. The van der Waals surface area contributed by atoms with Gasteiger partial charge in [0.25, 0.3) is 0 Å². The van der Waals surface area contributed by atoms with Crippen molar-refractivity contribution in [1.82, 2.24) is 0 Å². The van der Waals surface area contributed by atoms with Crippen molar-refractivity contribution >= 4 is 22.7 Å². The normalized spacial score (nSPS) is 11.6. The van der Waals surface area contributed by atoms with Crippen LogP contribution >= 0.6 is 0 Å². The van der Waals surface area contributed by atoms with Crippen molar-refractivity contribution in [3.8, 4) is 5.75 Å². The van der Waals surface area contributed by atoms with Crippen molar-refractivity contribution < 1.29 is 49.0 Å². The van der Waals surface area contributed by atoms with Gasteiger partial charge in [-0.3, -0.25) is 4.79 Å². The van der Waals surface area contributed by atoms with Crippen LogP contribution in [-0.4, -0.2) is 11.9 Å². The zero-order valence-electron chi connectivity index (χ0n) is 16.6. The van der Waals surface area contributed by atoms with E-state index in [1.807, 2.05) is 44.2 Å². The van der Waals surface area contributed by atoms with Gasteiger partial charge < -0.3 is 14.6 Å². The molecular weight excluding hydrogens is 351 g/mol. The molecule has 0 aliphatic heterocycles. The van der Waals surface area contributed by atoms with Crippen molar-refractivity contribution in [1.29, 1.82) is 0 Å². The summed E-state index contributed by atoms with van der Waals surface area (Å²) in [6.07, 6.45) is 5.25. The van der Waals surface area contributed by atoms with E-state index in [0.717, 1.165) is 48.4 Å². The average molecular weight is 378 g/mol. The molecule has 0 bridgehead atoms. The molecule has 0 heterocycles. The van der Waals surface area contributed by atoms with Crippen LogP contribution in [0.3, 0.4) is 0 Å². The van der Waals surface area contributed by atoms with Crippen molar-refractivity contribution in [3.05, 3.63) is 42.0 Å². The Kier molecular flexibility index (Phi) is 10.7. The minimum absolute atomic E-state index is 0. The van der Waals surface area contributed by atoms with Gasteiger partial charge in [-0.05, 0) is 49.1 Å². The summed E-state index contributed by atoms with van der Waals surface area (Å²) in [5.41, 5.74) is 1.16. The molecule has 0 saturated heterocycles. The fourth-order valence-corrected chi connectivity index (χ4v) is 2.99. The summed E-state index contributed by atoms with van der Waals surface area (Å²) in [7, 11) is 0. The number of hydrogen-bond donors (Lipinski definition) is 0. The first-order valence-corrected chi connectivity index (χ1v) is 9.45. The van der Waals surface area contributed by atoms with Gasteiger partial charge in [0.15, 0.2) is 0 Å². The molecule has 2 aromatic rings. The fraction of sp³-hybridized carbons (Fsp3) is 0.455. The Morgan fingerprint density at radius 1 is 1.04 bits per heavy atom. The van der Waals surface area contributed by atoms with E-state index in [4.69, 9.17) is 4.74 Å². The fourth-order valence-electron chi connectivity index (χ4n) is 2.99. The van der Waals surface area contributed by atoms with Crippen LogP contribution in [0.15, 0.2) is 36.4 Å². The molecule has 0 radical (unpaired) electrons. The van der Waals surface area contributed by atoms with Crippen LogP contribution < -0.4 is 39.4 Å². The maximum atomic E-state index is 12.2. The van der Waals surface area contributed by atoms with Crippen LogP contribution in [0.25, 0.3) is 10.8 Å². The quantitative estimate of drug-likeness (QED) is 0.268. The number of benzene rings is 2. The summed E-state index contributed by atoms with van der Waals surface area (Å²) >= 11 is 0. The van der Waals surface area contributed by atoms with Crippen molar-refractivity contribution in [2.75, 3.05) is 0 Å². The molecule has 1 atom stereocenters. The third-order valence-corrected chi connectivity index (χ3v) is 4.76. The van der Waals surface area contributed by atoms with Gasteiger partial charge in [-0.15, -0.1) is 0 Å². The van der Waals surface area contributed by atoms with E-state index in [1.165, 1.54) is 0 Å². The van der Waals surface area contributed by atoms with Crippen LogP contribution in [0.4, 0.5) is 0 Å². The number of rotatable bonds is 10. The van der Waals surface area contributed by atoms with Crippen molar-refractivity contribution in [3.63, 3.8) is 0 Å². The molecule has 27 heavy (non-hydrogen) atoms. The molecule has 0 aliphatic rings. The van der Waals surface area contributed by atoms with Gasteiger partial charge in [0.05, 0.1) is 5.92 Å².